The minimum atomic E-state index is 0.894. The van der Waals surface area contributed by atoms with Gasteiger partial charge in [-0.1, -0.05) is 15.9 Å². The molecule has 114 valence electrons. The van der Waals surface area contributed by atoms with Crippen LogP contribution < -0.4 is 4.90 Å². The minimum absolute atomic E-state index is 0.894. The van der Waals surface area contributed by atoms with Crippen LogP contribution in [-0.2, 0) is 0 Å². The van der Waals surface area contributed by atoms with E-state index in [1.54, 1.807) is 4.80 Å². The van der Waals surface area contributed by atoms with Gasteiger partial charge in [-0.25, -0.2) is 0 Å². The molecule has 0 saturated carbocycles. The van der Waals surface area contributed by atoms with Crippen molar-refractivity contribution in [1.29, 1.82) is 0 Å². The number of aromatic nitrogens is 3. The predicted octanol–water partition coefficient (Wildman–Crippen LogP) is 4.34. The Morgan fingerprint density at radius 1 is 1.00 bits per heavy atom. The molecule has 0 amide bonds. The molecule has 4 nitrogen and oxygen atoms in total. The van der Waals surface area contributed by atoms with E-state index in [0.717, 1.165) is 39.8 Å². The SMILES string of the molecule is CCN(CC)c1ccc(-n2nc3cc(C)c(Br)cc3n2)cc1. The van der Waals surface area contributed by atoms with Gasteiger partial charge in [0.1, 0.15) is 11.0 Å². The Labute approximate surface area is 138 Å². The number of aryl methyl sites for hydroxylation is 1. The molecule has 0 spiro atoms. The van der Waals surface area contributed by atoms with E-state index in [1.807, 2.05) is 12.1 Å². The number of hydrogen-bond acceptors (Lipinski definition) is 3. The lowest BCUT2D eigenvalue weighted by Crippen LogP contribution is -2.21. The first kappa shape index (κ1) is 15.0. The summed E-state index contributed by atoms with van der Waals surface area (Å²) in [5.74, 6) is 0. The number of fused-ring (bicyclic) bond motifs is 1. The molecule has 0 fully saturated rings. The summed E-state index contributed by atoms with van der Waals surface area (Å²) in [6, 6.07) is 12.4. The van der Waals surface area contributed by atoms with Gasteiger partial charge in [0.15, 0.2) is 0 Å². The summed E-state index contributed by atoms with van der Waals surface area (Å²) in [7, 11) is 0. The normalized spacial score (nSPS) is 11.1. The Morgan fingerprint density at radius 3 is 2.18 bits per heavy atom. The summed E-state index contributed by atoms with van der Waals surface area (Å²) >= 11 is 3.54. The van der Waals surface area contributed by atoms with Crippen molar-refractivity contribution in [2.45, 2.75) is 20.8 Å². The Bertz CT molecular complexity index is 749. The minimum Gasteiger partial charge on any atom is -0.372 e. The fraction of sp³-hybridized carbons (Fsp3) is 0.294. The Morgan fingerprint density at radius 2 is 1.59 bits per heavy atom. The van der Waals surface area contributed by atoms with Crippen molar-refractivity contribution in [3.63, 3.8) is 0 Å². The molecule has 0 saturated heterocycles. The fourth-order valence-corrected chi connectivity index (χ4v) is 2.87. The second kappa shape index (κ2) is 6.08. The molecule has 5 heteroatoms. The number of hydrogen-bond donors (Lipinski definition) is 0. The van der Waals surface area contributed by atoms with Crippen LogP contribution in [0.4, 0.5) is 5.69 Å². The Hall–Kier alpha value is -1.88. The lowest BCUT2D eigenvalue weighted by Gasteiger charge is -2.20. The molecule has 0 atom stereocenters. The number of anilines is 1. The van der Waals surface area contributed by atoms with Gasteiger partial charge in [0.05, 0.1) is 5.69 Å². The van der Waals surface area contributed by atoms with Crippen LogP contribution in [0.15, 0.2) is 40.9 Å². The van der Waals surface area contributed by atoms with Crippen LogP contribution in [0.3, 0.4) is 0 Å². The van der Waals surface area contributed by atoms with Crippen molar-refractivity contribution >= 4 is 32.7 Å². The quantitative estimate of drug-likeness (QED) is 0.695. The first-order valence-corrected chi connectivity index (χ1v) is 8.30. The highest BCUT2D eigenvalue weighted by Crippen LogP contribution is 2.23. The van der Waals surface area contributed by atoms with Crippen LogP contribution in [0.5, 0.6) is 0 Å². The molecule has 0 bridgehead atoms. The third-order valence-corrected chi connectivity index (χ3v) is 4.72. The molecule has 0 aliphatic carbocycles. The van der Waals surface area contributed by atoms with Crippen LogP contribution in [-0.4, -0.2) is 28.1 Å². The zero-order valence-corrected chi connectivity index (χ0v) is 14.6. The highest BCUT2D eigenvalue weighted by molar-refractivity contribution is 9.10. The maximum absolute atomic E-state index is 4.57. The second-order valence-electron chi connectivity index (χ2n) is 5.27. The van der Waals surface area contributed by atoms with Crippen molar-refractivity contribution in [2.75, 3.05) is 18.0 Å². The van der Waals surface area contributed by atoms with Crippen molar-refractivity contribution in [3.05, 3.63) is 46.4 Å². The number of benzene rings is 2. The second-order valence-corrected chi connectivity index (χ2v) is 6.12. The average Bonchev–Trinajstić information content (AvgIpc) is 2.92. The van der Waals surface area contributed by atoms with Gasteiger partial charge in [-0.05, 0) is 62.7 Å². The van der Waals surface area contributed by atoms with Gasteiger partial charge in [0.25, 0.3) is 0 Å². The van der Waals surface area contributed by atoms with Crippen molar-refractivity contribution in [1.82, 2.24) is 15.0 Å². The molecule has 22 heavy (non-hydrogen) atoms. The third-order valence-electron chi connectivity index (χ3n) is 3.87. The van der Waals surface area contributed by atoms with E-state index >= 15 is 0 Å². The standard InChI is InChI=1S/C17H19BrN4/c1-4-21(5-2)13-6-8-14(9-7-13)22-19-16-10-12(3)15(18)11-17(16)20-22/h6-11H,4-5H2,1-3H3. The summed E-state index contributed by atoms with van der Waals surface area (Å²) in [5, 5.41) is 9.13. The van der Waals surface area contributed by atoms with Gasteiger partial charge < -0.3 is 4.90 Å². The molecule has 0 aliphatic rings. The van der Waals surface area contributed by atoms with E-state index in [0.29, 0.717) is 0 Å². The van der Waals surface area contributed by atoms with Gasteiger partial charge in [-0.3, -0.25) is 0 Å². The largest absolute Gasteiger partial charge is 0.372 e. The lowest BCUT2D eigenvalue weighted by molar-refractivity contribution is 0.765. The van der Waals surface area contributed by atoms with Crippen LogP contribution in [0.2, 0.25) is 0 Å². The Balaban J connectivity index is 1.97. The van der Waals surface area contributed by atoms with Crippen LogP contribution >= 0.6 is 15.9 Å². The molecular weight excluding hydrogens is 340 g/mol. The summed E-state index contributed by atoms with van der Waals surface area (Å²) in [5.41, 5.74) is 5.17. The predicted molar refractivity (Wildman–Crippen MR) is 94.9 cm³/mol. The molecule has 0 radical (unpaired) electrons. The Kier molecular flexibility index (Phi) is 4.16. The van der Waals surface area contributed by atoms with Crippen molar-refractivity contribution in [2.24, 2.45) is 0 Å². The van der Waals surface area contributed by atoms with Crippen molar-refractivity contribution in [3.8, 4) is 5.69 Å². The molecule has 1 heterocycles. The summed E-state index contributed by atoms with van der Waals surface area (Å²) in [6.45, 7) is 8.40. The third kappa shape index (κ3) is 2.73. The topological polar surface area (TPSA) is 34.0 Å². The molecule has 2 aromatic carbocycles. The summed E-state index contributed by atoms with van der Waals surface area (Å²) in [6.07, 6.45) is 0. The maximum atomic E-state index is 4.57. The average molecular weight is 359 g/mol. The smallest absolute Gasteiger partial charge is 0.114 e. The van der Waals surface area contributed by atoms with E-state index in [-0.39, 0.29) is 0 Å². The van der Waals surface area contributed by atoms with E-state index < -0.39 is 0 Å². The van der Waals surface area contributed by atoms with Gasteiger partial charge >= 0.3 is 0 Å². The molecule has 3 rings (SSSR count). The number of halogens is 1. The van der Waals surface area contributed by atoms with E-state index in [4.69, 9.17) is 0 Å². The van der Waals surface area contributed by atoms with Gasteiger partial charge in [0, 0.05) is 23.2 Å². The number of nitrogens with zero attached hydrogens (tertiary/aromatic N) is 4. The van der Waals surface area contributed by atoms with E-state index in [1.165, 1.54) is 5.69 Å². The lowest BCUT2D eigenvalue weighted by atomic mass is 10.2. The van der Waals surface area contributed by atoms with Gasteiger partial charge in [-0.15, -0.1) is 10.2 Å². The molecule has 1 aromatic heterocycles. The first-order valence-electron chi connectivity index (χ1n) is 7.51. The van der Waals surface area contributed by atoms with Gasteiger partial charge in [0.2, 0.25) is 0 Å². The zero-order valence-electron chi connectivity index (χ0n) is 13.0. The van der Waals surface area contributed by atoms with Crippen molar-refractivity contribution < 1.29 is 0 Å². The molecular formula is C17H19BrN4. The summed E-state index contributed by atoms with van der Waals surface area (Å²) in [4.78, 5) is 4.01. The first-order chi connectivity index (χ1) is 10.6. The zero-order chi connectivity index (χ0) is 15.7. The summed E-state index contributed by atoms with van der Waals surface area (Å²) < 4.78 is 1.06. The highest BCUT2D eigenvalue weighted by Gasteiger charge is 2.08. The monoisotopic (exact) mass is 358 g/mol. The van der Waals surface area contributed by atoms with E-state index in [9.17, 15) is 0 Å². The number of rotatable bonds is 4. The van der Waals surface area contributed by atoms with Gasteiger partial charge in [-0.2, -0.15) is 4.80 Å². The van der Waals surface area contributed by atoms with Crippen LogP contribution in [0.25, 0.3) is 16.7 Å². The highest BCUT2D eigenvalue weighted by atomic mass is 79.9. The molecule has 3 aromatic rings. The molecule has 0 N–H and O–H groups in total. The van der Waals surface area contributed by atoms with Crippen LogP contribution in [0.1, 0.15) is 19.4 Å². The maximum Gasteiger partial charge on any atom is 0.114 e. The van der Waals surface area contributed by atoms with E-state index in [2.05, 4.69) is 76.1 Å². The van der Waals surface area contributed by atoms with Crippen LogP contribution in [0, 0.1) is 6.92 Å². The molecule has 0 aliphatic heterocycles. The fourth-order valence-electron chi connectivity index (χ4n) is 2.54. The molecule has 0 unspecified atom stereocenters.